The number of nitrogens with one attached hydrogen (secondary N) is 3. The molecule has 29 heavy (non-hydrogen) atoms. The van der Waals surface area contributed by atoms with E-state index in [1.54, 1.807) is 12.6 Å². The van der Waals surface area contributed by atoms with E-state index in [0.717, 1.165) is 18.2 Å². The number of hydrogen-bond acceptors (Lipinski definition) is 4. The molecule has 0 spiro atoms. The van der Waals surface area contributed by atoms with Crippen molar-refractivity contribution in [2.24, 2.45) is 4.99 Å². The molecule has 6 nitrogen and oxygen atoms in total. The van der Waals surface area contributed by atoms with Crippen molar-refractivity contribution in [1.29, 1.82) is 0 Å². The Kier molecular flexibility index (Phi) is 9.35. The minimum atomic E-state index is -0.0706. The zero-order valence-corrected chi connectivity index (χ0v) is 20.2. The van der Waals surface area contributed by atoms with Crippen molar-refractivity contribution in [1.82, 2.24) is 20.9 Å². The lowest BCUT2D eigenvalue weighted by Crippen LogP contribution is -2.46. The van der Waals surface area contributed by atoms with Gasteiger partial charge in [-0.15, -0.1) is 35.3 Å². The molecule has 2 aromatic rings. The van der Waals surface area contributed by atoms with Crippen LogP contribution in [0.2, 0.25) is 0 Å². The molecule has 1 aromatic carbocycles. The summed E-state index contributed by atoms with van der Waals surface area (Å²) in [5.41, 5.74) is 4.05. The maximum atomic E-state index is 12.1. The summed E-state index contributed by atoms with van der Waals surface area (Å²) in [5.74, 6) is 0.698. The number of rotatable bonds is 7. The van der Waals surface area contributed by atoms with Crippen molar-refractivity contribution in [2.75, 3.05) is 26.7 Å². The van der Waals surface area contributed by atoms with Crippen LogP contribution in [0.1, 0.15) is 46.6 Å². The fourth-order valence-electron chi connectivity index (χ4n) is 3.84. The minimum Gasteiger partial charge on any atom is -0.356 e. The van der Waals surface area contributed by atoms with Crippen LogP contribution in [0, 0.1) is 6.92 Å². The Hall–Kier alpha value is -1.68. The molecule has 8 heteroatoms. The monoisotopic (exact) mass is 527 g/mol. The number of hydrogen-bond donors (Lipinski definition) is 3. The predicted molar refractivity (Wildman–Crippen MR) is 131 cm³/mol. The molecule has 0 bridgehead atoms. The largest absolute Gasteiger partial charge is 0.356 e. The molecule has 3 N–H and O–H groups in total. The van der Waals surface area contributed by atoms with Crippen LogP contribution in [0.3, 0.4) is 0 Å². The summed E-state index contributed by atoms with van der Waals surface area (Å²) in [6.07, 6.45) is 4.94. The van der Waals surface area contributed by atoms with Crippen molar-refractivity contribution in [3.05, 3.63) is 52.0 Å². The summed E-state index contributed by atoms with van der Waals surface area (Å²) in [6, 6.07) is 10.8. The molecule has 1 aliphatic rings. The van der Waals surface area contributed by atoms with E-state index in [-0.39, 0.29) is 35.3 Å². The second kappa shape index (κ2) is 11.5. The maximum Gasteiger partial charge on any atom is 0.263 e. The first kappa shape index (κ1) is 23.6. The van der Waals surface area contributed by atoms with E-state index in [4.69, 9.17) is 0 Å². The number of nitrogens with zero attached hydrogens (tertiary/aromatic N) is 2. The Labute approximate surface area is 194 Å². The standard InChI is InChI=1S/C21H29N5OS.HI/c1-16-18(28-15-26-16)19(27)23-12-13-24-20(22-2)25-14-21(10-6-7-11-21)17-8-4-3-5-9-17;/h3-5,8-9,15H,6-7,10-14H2,1-2H3,(H,23,27)(H2,22,24,25);1H. The fraction of sp³-hybridized carbons (Fsp3) is 0.476. The first-order chi connectivity index (χ1) is 13.6. The molecule has 1 aromatic heterocycles. The van der Waals surface area contributed by atoms with E-state index in [2.05, 4.69) is 56.3 Å². The van der Waals surface area contributed by atoms with Crippen molar-refractivity contribution in [2.45, 2.75) is 38.0 Å². The fourth-order valence-corrected chi connectivity index (χ4v) is 4.56. The molecule has 1 fully saturated rings. The molecule has 1 saturated carbocycles. The average Bonchev–Trinajstić information content (AvgIpc) is 3.38. The number of guanidine groups is 1. The van der Waals surface area contributed by atoms with Crippen molar-refractivity contribution in [3.63, 3.8) is 0 Å². The number of thiazole rings is 1. The van der Waals surface area contributed by atoms with Crippen LogP contribution in [0.25, 0.3) is 0 Å². The predicted octanol–water partition coefficient (Wildman–Crippen LogP) is 3.48. The van der Waals surface area contributed by atoms with Gasteiger partial charge < -0.3 is 16.0 Å². The molecule has 0 aliphatic heterocycles. The third-order valence-electron chi connectivity index (χ3n) is 5.42. The second-order valence-electron chi connectivity index (χ2n) is 7.23. The van der Waals surface area contributed by atoms with Crippen LogP contribution >= 0.6 is 35.3 Å². The Morgan fingerprint density at radius 2 is 1.83 bits per heavy atom. The van der Waals surface area contributed by atoms with Gasteiger partial charge in [-0.2, -0.15) is 0 Å². The van der Waals surface area contributed by atoms with Gasteiger partial charge in [0.2, 0.25) is 0 Å². The van der Waals surface area contributed by atoms with Crippen molar-refractivity contribution >= 4 is 47.2 Å². The molecule has 0 saturated heterocycles. The van der Waals surface area contributed by atoms with E-state index in [1.807, 2.05) is 6.92 Å². The first-order valence-corrected chi connectivity index (χ1v) is 10.7. The van der Waals surface area contributed by atoms with Crippen LogP contribution < -0.4 is 16.0 Å². The van der Waals surface area contributed by atoms with Crippen molar-refractivity contribution in [3.8, 4) is 0 Å². The summed E-state index contributed by atoms with van der Waals surface area (Å²) in [4.78, 5) is 21.2. The smallest absolute Gasteiger partial charge is 0.263 e. The van der Waals surface area contributed by atoms with E-state index >= 15 is 0 Å². The summed E-state index contributed by atoms with van der Waals surface area (Å²) < 4.78 is 0. The highest BCUT2D eigenvalue weighted by Crippen LogP contribution is 2.40. The Bertz CT molecular complexity index is 802. The number of halogens is 1. The molecule has 0 radical (unpaired) electrons. The number of aromatic nitrogens is 1. The molecule has 3 rings (SSSR count). The van der Waals surface area contributed by atoms with Gasteiger partial charge in [0.15, 0.2) is 5.96 Å². The molecule has 158 valence electrons. The zero-order valence-electron chi connectivity index (χ0n) is 17.0. The minimum absolute atomic E-state index is 0. The van der Waals surface area contributed by atoms with Gasteiger partial charge in [-0.25, -0.2) is 4.98 Å². The topological polar surface area (TPSA) is 78.4 Å². The molecule has 1 heterocycles. The Morgan fingerprint density at radius 3 is 2.45 bits per heavy atom. The third kappa shape index (κ3) is 6.15. The van der Waals surface area contributed by atoms with Crippen molar-refractivity contribution < 1.29 is 4.79 Å². The lowest BCUT2D eigenvalue weighted by Gasteiger charge is -2.30. The van der Waals surface area contributed by atoms with E-state index in [9.17, 15) is 4.79 Å². The lowest BCUT2D eigenvalue weighted by molar-refractivity contribution is 0.0957. The molecule has 0 unspecified atom stereocenters. The second-order valence-corrected chi connectivity index (χ2v) is 8.08. The van der Waals surface area contributed by atoms with E-state index in [0.29, 0.717) is 18.0 Å². The average molecular weight is 527 g/mol. The van der Waals surface area contributed by atoms with Crippen LogP contribution in [0.4, 0.5) is 0 Å². The number of aryl methyl sites for hydroxylation is 1. The first-order valence-electron chi connectivity index (χ1n) is 9.83. The highest BCUT2D eigenvalue weighted by atomic mass is 127. The highest BCUT2D eigenvalue weighted by molar-refractivity contribution is 14.0. The summed E-state index contributed by atoms with van der Waals surface area (Å²) >= 11 is 1.37. The third-order valence-corrected chi connectivity index (χ3v) is 6.35. The van der Waals surface area contributed by atoms with Crippen LogP contribution in [0.5, 0.6) is 0 Å². The van der Waals surface area contributed by atoms with Gasteiger partial charge in [-0.05, 0) is 25.3 Å². The Balaban J connectivity index is 0.00000300. The van der Waals surface area contributed by atoms with Gasteiger partial charge in [0.1, 0.15) is 4.88 Å². The zero-order chi connectivity index (χ0) is 19.8. The van der Waals surface area contributed by atoms with Gasteiger partial charge in [-0.1, -0.05) is 43.2 Å². The Morgan fingerprint density at radius 1 is 1.14 bits per heavy atom. The molecular formula is C21H30IN5OS. The van der Waals surface area contributed by atoms with Gasteiger partial charge >= 0.3 is 0 Å². The van der Waals surface area contributed by atoms with Crippen LogP contribution in [-0.2, 0) is 5.41 Å². The van der Waals surface area contributed by atoms with Gasteiger partial charge in [-0.3, -0.25) is 9.79 Å². The summed E-state index contributed by atoms with van der Waals surface area (Å²) in [7, 11) is 1.78. The highest BCUT2D eigenvalue weighted by Gasteiger charge is 2.35. The molecule has 0 atom stereocenters. The van der Waals surface area contributed by atoms with Crippen LogP contribution in [-0.4, -0.2) is 43.5 Å². The molecular weight excluding hydrogens is 497 g/mol. The number of amides is 1. The van der Waals surface area contributed by atoms with Gasteiger partial charge in [0, 0.05) is 32.1 Å². The molecule has 1 amide bonds. The SMILES string of the molecule is CN=C(NCCNC(=O)c1scnc1C)NCC1(c2ccccc2)CCCC1.I. The number of aliphatic imine (C=N–C) groups is 1. The van der Waals surface area contributed by atoms with E-state index in [1.165, 1.54) is 42.6 Å². The van der Waals surface area contributed by atoms with E-state index < -0.39 is 0 Å². The van der Waals surface area contributed by atoms with Crippen LogP contribution in [0.15, 0.2) is 40.8 Å². The summed E-state index contributed by atoms with van der Waals surface area (Å²) in [6.45, 7) is 3.85. The lowest BCUT2D eigenvalue weighted by atomic mass is 9.79. The van der Waals surface area contributed by atoms with Gasteiger partial charge in [0.05, 0.1) is 11.2 Å². The molecule has 1 aliphatic carbocycles. The van der Waals surface area contributed by atoms with Gasteiger partial charge in [0.25, 0.3) is 5.91 Å². The summed E-state index contributed by atoms with van der Waals surface area (Å²) in [5, 5.41) is 9.71. The maximum absolute atomic E-state index is 12.1. The quantitative estimate of drug-likeness (QED) is 0.223. The number of carbonyl (C=O) groups excluding carboxylic acids is 1. The number of benzene rings is 1. The number of carbonyl (C=O) groups is 1. The normalized spacial score (nSPS) is 15.4.